The summed E-state index contributed by atoms with van der Waals surface area (Å²) in [5.41, 5.74) is 9.79. The molecule has 0 aliphatic rings. The summed E-state index contributed by atoms with van der Waals surface area (Å²) >= 11 is 0. The fourth-order valence-corrected chi connectivity index (χ4v) is 2.10. The van der Waals surface area contributed by atoms with E-state index in [1.165, 1.54) is 0 Å². The number of hydrogen-bond donors (Lipinski definition) is 1. The molecule has 3 nitrogen and oxygen atoms in total. The Labute approximate surface area is 113 Å². The van der Waals surface area contributed by atoms with Crippen molar-refractivity contribution in [3.05, 3.63) is 59.7 Å². The van der Waals surface area contributed by atoms with Gasteiger partial charge in [0.25, 0.3) is 0 Å². The zero-order chi connectivity index (χ0) is 13.8. The van der Waals surface area contributed by atoms with Gasteiger partial charge in [0.15, 0.2) is 0 Å². The molecule has 0 radical (unpaired) electrons. The van der Waals surface area contributed by atoms with Crippen LogP contribution < -0.4 is 10.6 Å². The Bertz CT molecular complexity index is 611. The maximum atomic E-state index is 8.97. The van der Waals surface area contributed by atoms with Gasteiger partial charge in [0.05, 0.1) is 11.6 Å². The van der Waals surface area contributed by atoms with Gasteiger partial charge in [-0.25, -0.2) is 0 Å². The maximum absolute atomic E-state index is 8.97. The van der Waals surface area contributed by atoms with Gasteiger partial charge in [-0.05, 0) is 36.8 Å². The van der Waals surface area contributed by atoms with E-state index in [4.69, 9.17) is 11.0 Å². The van der Waals surface area contributed by atoms with E-state index < -0.39 is 0 Å². The molecule has 0 heterocycles. The number of nitrogens with two attached hydrogens (primary N) is 1. The highest BCUT2D eigenvalue weighted by atomic mass is 15.1. The lowest BCUT2D eigenvalue weighted by atomic mass is 10.1. The molecule has 2 N–H and O–H groups in total. The Hall–Kier alpha value is -2.31. The summed E-state index contributed by atoms with van der Waals surface area (Å²) in [6, 6.07) is 17.7. The molecule has 0 unspecified atom stereocenters. The van der Waals surface area contributed by atoms with Gasteiger partial charge < -0.3 is 10.6 Å². The van der Waals surface area contributed by atoms with Crippen molar-refractivity contribution >= 4 is 11.4 Å². The van der Waals surface area contributed by atoms with E-state index in [0.717, 1.165) is 16.9 Å². The van der Waals surface area contributed by atoms with Crippen LogP contribution in [0.2, 0.25) is 0 Å². The molecule has 0 amide bonds. The Morgan fingerprint density at radius 2 is 1.89 bits per heavy atom. The average molecular weight is 251 g/mol. The molecule has 0 aromatic heterocycles. The van der Waals surface area contributed by atoms with E-state index in [2.05, 4.69) is 11.0 Å². The highest BCUT2D eigenvalue weighted by Crippen LogP contribution is 2.30. The summed E-state index contributed by atoms with van der Waals surface area (Å²) in [6.07, 6.45) is 0. The summed E-state index contributed by atoms with van der Waals surface area (Å²) in [6.45, 7) is 1.97. The fraction of sp³-hybridized carbons (Fsp3) is 0.188. The molecule has 0 aliphatic carbocycles. The lowest BCUT2D eigenvalue weighted by Gasteiger charge is -2.24. The molecule has 2 aromatic carbocycles. The molecule has 0 aliphatic heterocycles. The van der Waals surface area contributed by atoms with Crippen LogP contribution in [0.4, 0.5) is 11.4 Å². The number of nitriles is 1. The van der Waals surface area contributed by atoms with Crippen LogP contribution in [0.5, 0.6) is 0 Å². The number of rotatable bonds is 3. The van der Waals surface area contributed by atoms with Crippen LogP contribution in [0, 0.1) is 11.3 Å². The molecule has 2 rings (SSSR count). The minimum Gasteiger partial charge on any atom is -0.344 e. The van der Waals surface area contributed by atoms with Crippen molar-refractivity contribution in [2.75, 3.05) is 11.9 Å². The van der Waals surface area contributed by atoms with Crippen LogP contribution in [0.25, 0.3) is 0 Å². The van der Waals surface area contributed by atoms with Gasteiger partial charge in [0.1, 0.15) is 0 Å². The minimum atomic E-state index is -0.0298. The topological polar surface area (TPSA) is 53.0 Å². The first-order valence-electron chi connectivity index (χ1n) is 6.22. The van der Waals surface area contributed by atoms with Crippen molar-refractivity contribution in [2.24, 2.45) is 5.73 Å². The van der Waals surface area contributed by atoms with Crippen LogP contribution in [-0.4, -0.2) is 7.05 Å². The SMILES string of the molecule is C[C@@H](N)c1ccccc1N(C)c1cccc(C#N)c1. The summed E-state index contributed by atoms with van der Waals surface area (Å²) in [5.74, 6) is 0. The van der Waals surface area contributed by atoms with E-state index in [0.29, 0.717) is 5.56 Å². The third-order valence-corrected chi connectivity index (χ3v) is 3.15. The largest absolute Gasteiger partial charge is 0.344 e. The maximum Gasteiger partial charge on any atom is 0.0992 e. The molecule has 1 atom stereocenters. The van der Waals surface area contributed by atoms with E-state index in [-0.39, 0.29) is 6.04 Å². The lowest BCUT2D eigenvalue weighted by Crippen LogP contribution is -2.15. The molecule has 3 heteroatoms. The van der Waals surface area contributed by atoms with Gasteiger partial charge in [-0.15, -0.1) is 0 Å². The van der Waals surface area contributed by atoms with Gasteiger partial charge in [0, 0.05) is 24.5 Å². The predicted octanol–water partition coefficient (Wildman–Crippen LogP) is 3.35. The van der Waals surface area contributed by atoms with Crippen molar-refractivity contribution < 1.29 is 0 Å². The highest BCUT2D eigenvalue weighted by Gasteiger charge is 2.11. The van der Waals surface area contributed by atoms with Crippen LogP contribution >= 0.6 is 0 Å². The molecule has 19 heavy (non-hydrogen) atoms. The van der Waals surface area contributed by atoms with Gasteiger partial charge >= 0.3 is 0 Å². The van der Waals surface area contributed by atoms with Crippen molar-refractivity contribution in [3.63, 3.8) is 0 Å². The zero-order valence-corrected chi connectivity index (χ0v) is 11.2. The van der Waals surface area contributed by atoms with E-state index >= 15 is 0 Å². The van der Waals surface area contributed by atoms with E-state index in [1.54, 1.807) is 6.07 Å². The van der Waals surface area contributed by atoms with Gasteiger partial charge in [-0.1, -0.05) is 24.3 Å². The summed E-state index contributed by atoms with van der Waals surface area (Å²) < 4.78 is 0. The third-order valence-electron chi connectivity index (χ3n) is 3.15. The normalized spacial score (nSPS) is 11.7. The second-order valence-corrected chi connectivity index (χ2v) is 4.57. The van der Waals surface area contributed by atoms with Crippen LogP contribution in [0.15, 0.2) is 48.5 Å². The first kappa shape index (κ1) is 13.1. The molecule has 0 fully saturated rings. The molecule has 96 valence electrons. The zero-order valence-electron chi connectivity index (χ0n) is 11.2. The number of hydrogen-bond acceptors (Lipinski definition) is 3. The fourth-order valence-electron chi connectivity index (χ4n) is 2.10. The highest BCUT2D eigenvalue weighted by molar-refractivity contribution is 5.67. The summed E-state index contributed by atoms with van der Waals surface area (Å²) in [5, 5.41) is 8.97. The van der Waals surface area contributed by atoms with Gasteiger partial charge in [0.2, 0.25) is 0 Å². The van der Waals surface area contributed by atoms with Crippen molar-refractivity contribution in [1.82, 2.24) is 0 Å². The Kier molecular flexibility index (Phi) is 3.84. The van der Waals surface area contributed by atoms with Crippen LogP contribution in [0.1, 0.15) is 24.1 Å². The molecule has 0 saturated carbocycles. The smallest absolute Gasteiger partial charge is 0.0992 e. The summed E-state index contributed by atoms with van der Waals surface area (Å²) in [4.78, 5) is 2.06. The first-order valence-corrected chi connectivity index (χ1v) is 6.22. The van der Waals surface area contributed by atoms with Gasteiger partial charge in [-0.3, -0.25) is 0 Å². The average Bonchev–Trinajstić information content (AvgIpc) is 2.46. The number of anilines is 2. The Morgan fingerprint density at radius 3 is 2.58 bits per heavy atom. The Morgan fingerprint density at radius 1 is 1.16 bits per heavy atom. The Balaban J connectivity index is 2.44. The second kappa shape index (κ2) is 5.55. The molecule has 0 saturated heterocycles. The number of para-hydroxylation sites is 1. The minimum absolute atomic E-state index is 0.0298. The molecule has 2 aromatic rings. The van der Waals surface area contributed by atoms with E-state index in [1.807, 2.05) is 56.4 Å². The predicted molar refractivity (Wildman–Crippen MR) is 78.3 cm³/mol. The van der Waals surface area contributed by atoms with Gasteiger partial charge in [-0.2, -0.15) is 5.26 Å². The van der Waals surface area contributed by atoms with Crippen LogP contribution in [0.3, 0.4) is 0 Å². The molecule has 0 spiro atoms. The third kappa shape index (κ3) is 2.75. The quantitative estimate of drug-likeness (QED) is 0.910. The standard InChI is InChI=1S/C16H17N3/c1-12(18)15-8-3-4-9-16(15)19(2)14-7-5-6-13(10-14)11-17/h3-10,12H,18H2,1-2H3/t12-/m1/s1. The number of benzene rings is 2. The van der Waals surface area contributed by atoms with Crippen molar-refractivity contribution in [2.45, 2.75) is 13.0 Å². The van der Waals surface area contributed by atoms with Crippen LogP contribution in [-0.2, 0) is 0 Å². The number of nitrogens with zero attached hydrogens (tertiary/aromatic N) is 2. The second-order valence-electron chi connectivity index (χ2n) is 4.57. The molecule has 0 bridgehead atoms. The van der Waals surface area contributed by atoms with Crippen molar-refractivity contribution in [3.8, 4) is 6.07 Å². The first-order chi connectivity index (χ1) is 9.13. The van der Waals surface area contributed by atoms with Crippen molar-refractivity contribution in [1.29, 1.82) is 5.26 Å². The lowest BCUT2D eigenvalue weighted by molar-refractivity contribution is 0.815. The monoisotopic (exact) mass is 251 g/mol. The molecular weight excluding hydrogens is 234 g/mol. The molecular formula is C16H17N3. The summed E-state index contributed by atoms with van der Waals surface area (Å²) in [7, 11) is 1.98. The van der Waals surface area contributed by atoms with E-state index in [9.17, 15) is 0 Å².